The summed E-state index contributed by atoms with van der Waals surface area (Å²) in [7, 11) is 1.48. The molecule has 0 aliphatic rings. The van der Waals surface area contributed by atoms with Crippen LogP contribution in [-0.4, -0.2) is 25.5 Å². The van der Waals surface area contributed by atoms with Gasteiger partial charge in [0.05, 0.1) is 12.1 Å². The van der Waals surface area contributed by atoms with E-state index in [4.69, 9.17) is 32.7 Å². The molecule has 0 saturated heterocycles. The van der Waals surface area contributed by atoms with E-state index in [9.17, 15) is 9.59 Å². The molecule has 0 spiro atoms. The number of hydrogen-bond acceptors (Lipinski definition) is 4. The van der Waals surface area contributed by atoms with E-state index < -0.39 is 5.97 Å². The third kappa shape index (κ3) is 4.85. The lowest BCUT2D eigenvalue weighted by Gasteiger charge is -2.06. The van der Waals surface area contributed by atoms with E-state index in [2.05, 4.69) is 0 Å². The fourth-order valence-corrected chi connectivity index (χ4v) is 2.33. The lowest BCUT2D eigenvalue weighted by molar-refractivity contribution is -0.136. The van der Waals surface area contributed by atoms with Crippen LogP contribution in [0.25, 0.3) is 6.08 Å². The highest BCUT2D eigenvalue weighted by atomic mass is 35.5. The quantitative estimate of drug-likeness (QED) is 0.431. The van der Waals surface area contributed by atoms with Gasteiger partial charge in [-0.2, -0.15) is 0 Å². The van der Waals surface area contributed by atoms with Gasteiger partial charge in [0.15, 0.2) is 12.4 Å². The van der Waals surface area contributed by atoms with E-state index in [1.165, 1.54) is 25.3 Å². The summed E-state index contributed by atoms with van der Waals surface area (Å²) in [6.07, 6.45) is 2.74. The van der Waals surface area contributed by atoms with E-state index in [1.807, 2.05) is 0 Å². The number of carbonyl (C=O) groups is 2. The number of Topliss-reactive ketones (excluding diaryl/α,β-unsaturated/α-hetero) is 1. The third-order valence-corrected chi connectivity index (χ3v) is 3.76. The molecule has 0 N–H and O–H groups in total. The Labute approximate surface area is 149 Å². The van der Waals surface area contributed by atoms with E-state index in [0.717, 1.165) is 0 Å². The maximum atomic E-state index is 12.0. The van der Waals surface area contributed by atoms with Crippen molar-refractivity contribution in [2.24, 2.45) is 0 Å². The molecule has 2 aromatic rings. The Morgan fingerprint density at radius 2 is 1.83 bits per heavy atom. The van der Waals surface area contributed by atoms with Crippen LogP contribution in [0.2, 0.25) is 10.0 Å². The van der Waals surface area contributed by atoms with Crippen LogP contribution in [0.3, 0.4) is 0 Å². The number of methoxy groups -OCH3 is 1. The molecule has 6 heteroatoms. The van der Waals surface area contributed by atoms with Crippen molar-refractivity contribution in [2.45, 2.75) is 0 Å². The van der Waals surface area contributed by atoms with Crippen molar-refractivity contribution in [3.8, 4) is 5.75 Å². The van der Waals surface area contributed by atoms with Crippen molar-refractivity contribution in [3.05, 3.63) is 69.7 Å². The number of hydrogen-bond donors (Lipinski definition) is 0. The summed E-state index contributed by atoms with van der Waals surface area (Å²) < 4.78 is 9.94. The van der Waals surface area contributed by atoms with Crippen LogP contribution in [0.5, 0.6) is 5.75 Å². The van der Waals surface area contributed by atoms with E-state index in [1.54, 1.807) is 36.4 Å². The summed E-state index contributed by atoms with van der Waals surface area (Å²) in [5.74, 6) is -0.533. The van der Waals surface area contributed by atoms with E-state index in [-0.39, 0.29) is 12.4 Å². The first kappa shape index (κ1) is 18.0. The second kappa shape index (κ2) is 8.52. The van der Waals surface area contributed by atoms with Gasteiger partial charge in [-0.15, -0.1) is 0 Å². The first-order valence-corrected chi connectivity index (χ1v) is 7.73. The minimum atomic E-state index is -0.636. The molecule has 0 heterocycles. The Morgan fingerprint density at radius 1 is 1.08 bits per heavy atom. The highest BCUT2D eigenvalue weighted by Crippen LogP contribution is 2.25. The topological polar surface area (TPSA) is 52.6 Å². The molecule has 0 saturated carbocycles. The van der Waals surface area contributed by atoms with Crippen LogP contribution in [0.1, 0.15) is 15.9 Å². The summed E-state index contributed by atoms with van der Waals surface area (Å²) in [6, 6.07) is 11.7. The summed E-state index contributed by atoms with van der Waals surface area (Å²) in [5.41, 5.74) is 1.02. The Balaban J connectivity index is 1.93. The molecule has 124 valence electrons. The molecule has 0 aliphatic carbocycles. The minimum Gasteiger partial charge on any atom is -0.495 e. The molecule has 4 nitrogen and oxygen atoms in total. The smallest absolute Gasteiger partial charge is 0.331 e. The Morgan fingerprint density at radius 3 is 2.50 bits per heavy atom. The fourth-order valence-electron chi connectivity index (χ4n) is 1.88. The fraction of sp³-hybridized carbons (Fsp3) is 0.111. The minimum absolute atomic E-state index is 0.313. The number of ketones is 1. The third-order valence-electron chi connectivity index (χ3n) is 3.12. The number of benzene rings is 2. The van der Waals surface area contributed by atoms with Gasteiger partial charge in [-0.25, -0.2) is 4.79 Å². The van der Waals surface area contributed by atoms with E-state index in [0.29, 0.717) is 26.9 Å². The summed E-state index contributed by atoms with van der Waals surface area (Å²) in [4.78, 5) is 23.7. The largest absolute Gasteiger partial charge is 0.495 e. The van der Waals surface area contributed by atoms with Crippen molar-refractivity contribution in [3.63, 3.8) is 0 Å². The average molecular weight is 365 g/mol. The highest BCUT2D eigenvalue weighted by molar-refractivity contribution is 6.32. The molecule has 0 bridgehead atoms. The maximum absolute atomic E-state index is 12.0. The van der Waals surface area contributed by atoms with Gasteiger partial charge < -0.3 is 9.47 Å². The zero-order chi connectivity index (χ0) is 17.5. The summed E-state index contributed by atoms with van der Waals surface area (Å²) in [5, 5.41) is 0.832. The Bertz CT molecular complexity index is 784. The molecule has 0 aromatic heterocycles. The van der Waals surface area contributed by atoms with Crippen LogP contribution in [0.4, 0.5) is 0 Å². The normalized spacial score (nSPS) is 10.6. The molecule has 0 radical (unpaired) electrons. The number of halogens is 2. The monoisotopic (exact) mass is 364 g/mol. The highest BCUT2D eigenvalue weighted by Gasteiger charge is 2.11. The van der Waals surface area contributed by atoms with Crippen LogP contribution in [-0.2, 0) is 9.53 Å². The molecule has 2 aromatic carbocycles. The number of esters is 1. The van der Waals surface area contributed by atoms with Crippen molar-refractivity contribution in [1.82, 2.24) is 0 Å². The molecule has 0 atom stereocenters. The molecule has 2 rings (SSSR count). The number of carbonyl (C=O) groups excluding carboxylic acids is 2. The van der Waals surface area contributed by atoms with Gasteiger partial charge in [-0.3, -0.25) is 4.79 Å². The predicted molar refractivity (Wildman–Crippen MR) is 93.8 cm³/mol. The lowest BCUT2D eigenvalue weighted by atomic mass is 10.1. The molecule has 0 aliphatic heterocycles. The van der Waals surface area contributed by atoms with Crippen LogP contribution in [0.15, 0.2) is 48.5 Å². The number of rotatable bonds is 6. The van der Waals surface area contributed by atoms with Gasteiger partial charge in [0.1, 0.15) is 5.75 Å². The number of ether oxygens (including phenoxy) is 2. The second-order valence-corrected chi connectivity index (χ2v) is 5.55. The molecule has 0 fully saturated rings. The SMILES string of the molecule is COc1ccc(C(=O)COC(=O)/C=C/c2ccccc2Cl)cc1Cl. The Kier molecular flexibility index (Phi) is 6.41. The van der Waals surface area contributed by atoms with Gasteiger partial charge >= 0.3 is 5.97 Å². The standard InChI is InChI=1S/C18H14Cl2O4/c1-23-17-8-6-13(10-15(17)20)16(21)11-24-18(22)9-7-12-4-2-3-5-14(12)19/h2-10H,11H2,1H3/b9-7+. The van der Waals surface area contributed by atoms with Crippen molar-refractivity contribution in [2.75, 3.05) is 13.7 Å². The van der Waals surface area contributed by atoms with Crippen LogP contribution < -0.4 is 4.74 Å². The molecular formula is C18H14Cl2O4. The second-order valence-electron chi connectivity index (χ2n) is 4.74. The van der Waals surface area contributed by atoms with Crippen molar-refractivity contribution >= 4 is 41.0 Å². The first-order chi connectivity index (χ1) is 11.5. The van der Waals surface area contributed by atoms with Gasteiger partial charge in [-0.05, 0) is 35.9 Å². The van der Waals surface area contributed by atoms with Crippen LogP contribution >= 0.6 is 23.2 Å². The van der Waals surface area contributed by atoms with E-state index >= 15 is 0 Å². The first-order valence-electron chi connectivity index (χ1n) is 6.97. The lowest BCUT2D eigenvalue weighted by Crippen LogP contribution is -2.12. The predicted octanol–water partition coefficient (Wildman–Crippen LogP) is 4.44. The Hall–Kier alpha value is -2.30. The molecule has 0 unspecified atom stereocenters. The van der Waals surface area contributed by atoms with Gasteiger partial charge in [0.25, 0.3) is 0 Å². The zero-order valence-electron chi connectivity index (χ0n) is 12.8. The zero-order valence-corrected chi connectivity index (χ0v) is 14.3. The van der Waals surface area contributed by atoms with Crippen molar-refractivity contribution < 1.29 is 19.1 Å². The van der Waals surface area contributed by atoms with Gasteiger partial charge in [-0.1, -0.05) is 41.4 Å². The molecule has 24 heavy (non-hydrogen) atoms. The molecular weight excluding hydrogens is 351 g/mol. The van der Waals surface area contributed by atoms with Gasteiger partial charge in [0, 0.05) is 16.7 Å². The van der Waals surface area contributed by atoms with Crippen molar-refractivity contribution in [1.29, 1.82) is 0 Å². The maximum Gasteiger partial charge on any atom is 0.331 e. The van der Waals surface area contributed by atoms with Crippen LogP contribution in [0, 0.1) is 0 Å². The molecule has 0 amide bonds. The summed E-state index contributed by atoms with van der Waals surface area (Å²) >= 11 is 11.9. The summed E-state index contributed by atoms with van der Waals surface area (Å²) in [6.45, 7) is -0.381. The van der Waals surface area contributed by atoms with Gasteiger partial charge in [0.2, 0.25) is 0 Å². The average Bonchev–Trinajstić information content (AvgIpc) is 2.58.